The average molecular weight is 242 g/mol. The third kappa shape index (κ3) is 3.90. The first-order valence-electron chi connectivity index (χ1n) is 5.17. The van der Waals surface area contributed by atoms with Gasteiger partial charge in [0.2, 0.25) is 5.91 Å². The first-order chi connectivity index (χ1) is 7.65. The molecule has 0 saturated heterocycles. The fourth-order valence-corrected chi connectivity index (χ4v) is 1.86. The van der Waals surface area contributed by atoms with E-state index in [-0.39, 0.29) is 5.91 Å². The molecule has 1 rings (SSSR count). The SMILES string of the molecule is CSCC[C@@H](N)C(=O)N(C)Cc1ccco1. The van der Waals surface area contributed by atoms with Crippen molar-refractivity contribution < 1.29 is 9.21 Å². The van der Waals surface area contributed by atoms with Crippen LogP contribution in [0.1, 0.15) is 12.2 Å². The minimum Gasteiger partial charge on any atom is -0.467 e. The average Bonchev–Trinajstić information content (AvgIpc) is 2.77. The van der Waals surface area contributed by atoms with Crippen molar-refractivity contribution in [1.29, 1.82) is 0 Å². The van der Waals surface area contributed by atoms with Gasteiger partial charge in [-0.15, -0.1) is 0 Å². The standard InChI is InChI=1S/C11H18N2O2S/c1-13(8-9-4-3-6-15-9)11(14)10(12)5-7-16-2/h3-4,6,10H,5,7-8,12H2,1-2H3/t10-/m1/s1. The highest BCUT2D eigenvalue weighted by molar-refractivity contribution is 7.98. The highest BCUT2D eigenvalue weighted by Gasteiger charge is 2.18. The Morgan fingerprint density at radius 3 is 3.00 bits per heavy atom. The number of furan rings is 1. The molecule has 0 fully saturated rings. The van der Waals surface area contributed by atoms with Crippen LogP contribution in [0, 0.1) is 0 Å². The Morgan fingerprint density at radius 2 is 2.44 bits per heavy atom. The van der Waals surface area contributed by atoms with Gasteiger partial charge < -0.3 is 15.1 Å². The molecule has 4 nitrogen and oxygen atoms in total. The van der Waals surface area contributed by atoms with Gasteiger partial charge in [0, 0.05) is 7.05 Å². The van der Waals surface area contributed by atoms with Crippen LogP contribution in [-0.4, -0.2) is 35.9 Å². The van der Waals surface area contributed by atoms with E-state index in [1.54, 1.807) is 36.0 Å². The van der Waals surface area contributed by atoms with Gasteiger partial charge in [0.05, 0.1) is 18.8 Å². The van der Waals surface area contributed by atoms with Crippen molar-refractivity contribution in [3.63, 3.8) is 0 Å². The molecule has 0 spiro atoms. The van der Waals surface area contributed by atoms with E-state index in [1.165, 1.54) is 0 Å². The molecule has 16 heavy (non-hydrogen) atoms. The molecule has 1 atom stereocenters. The van der Waals surface area contributed by atoms with Crippen molar-refractivity contribution in [1.82, 2.24) is 4.90 Å². The minimum atomic E-state index is -0.410. The van der Waals surface area contributed by atoms with Crippen LogP contribution in [0.3, 0.4) is 0 Å². The van der Waals surface area contributed by atoms with Crippen molar-refractivity contribution in [3.8, 4) is 0 Å². The Morgan fingerprint density at radius 1 is 1.69 bits per heavy atom. The number of carbonyl (C=O) groups is 1. The molecule has 0 unspecified atom stereocenters. The lowest BCUT2D eigenvalue weighted by Gasteiger charge is -2.20. The predicted octanol–water partition coefficient (Wildman–Crippen LogP) is 1.32. The van der Waals surface area contributed by atoms with Gasteiger partial charge in [-0.25, -0.2) is 0 Å². The zero-order valence-corrected chi connectivity index (χ0v) is 10.5. The summed E-state index contributed by atoms with van der Waals surface area (Å²) in [5.74, 6) is 1.64. The zero-order valence-electron chi connectivity index (χ0n) is 9.68. The van der Waals surface area contributed by atoms with E-state index in [1.807, 2.05) is 12.3 Å². The highest BCUT2D eigenvalue weighted by atomic mass is 32.2. The second kappa shape index (κ2) is 6.60. The van der Waals surface area contributed by atoms with E-state index >= 15 is 0 Å². The Kier molecular flexibility index (Phi) is 5.42. The van der Waals surface area contributed by atoms with Crippen LogP contribution >= 0.6 is 11.8 Å². The van der Waals surface area contributed by atoms with Gasteiger partial charge in [-0.2, -0.15) is 11.8 Å². The van der Waals surface area contributed by atoms with E-state index in [9.17, 15) is 4.79 Å². The summed E-state index contributed by atoms with van der Waals surface area (Å²) in [6.07, 6.45) is 4.31. The summed E-state index contributed by atoms with van der Waals surface area (Å²) in [5.41, 5.74) is 5.80. The molecule has 0 bridgehead atoms. The largest absolute Gasteiger partial charge is 0.467 e. The fraction of sp³-hybridized carbons (Fsp3) is 0.545. The molecule has 90 valence electrons. The highest BCUT2D eigenvalue weighted by Crippen LogP contribution is 2.06. The second-order valence-corrected chi connectivity index (χ2v) is 4.65. The topological polar surface area (TPSA) is 59.5 Å². The Bertz CT molecular complexity index is 314. The minimum absolute atomic E-state index is 0.0366. The normalized spacial score (nSPS) is 12.4. The fourth-order valence-electron chi connectivity index (χ4n) is 1.37. The van der Waals surface area contributed by atoms with Crippen molar-refractivity contribution in [2.75, 3.05) is 19.1 Å². The predicted molar refractivity (Wildman–Crippen MR) is 66.2 cm³/mol. The van der Waals surface area contributed by atoms with Crippen molar-refractivity contribution in [2.24, 2.45) is 5.73 Å². The summed E-state index contributed by atoms with van der Waals surface area (Å²) in [5, 5.41) is 0. The van der Waals surface area contributed by atoms with Crippen molar-refractivity contribution in [2.45, 2.75) is 19.0 Å². The number of carbonyl (C=O) groups excluding carboxylic acids is 1. The van der Waals surface area contributed by atoms with Gasteiger partial charge in [0.25, 0.3) is 0 Å². The molecule has 0 aliphatic heterocycles. The molecule has 0 aromatic carbocycles. The Hall–Kier alpha value is -0.940. The zero-order chi connectivity index (χ0) is 12.0. The number of nitrogens with two attached hydrogens (primary N) is 1. The van der Waals surface area contributed by atoms with Crippen LogP contribution in [0.15, 0.2) is 22.8 Å². The summed E-state index contributed by atoms with van der Waals surface area (Å²) >= 11 is 1.70. The molecule has 0 radical (unpaired) electrons. The summed E-state index contributed by atoms with van der Waals surface area (Å²) in [7, 11) is 1.74. The maximum absolute atomic E-state index is 11.8. The molecule has 1 aromatic heterocycles. The van der Waals surface area contributed by atoms with Gasteiger partial charge in [0.1, 0.15) is 5.76 Å². The molecule has 5 heteroatoms. The maximum Gasteiger partial charge on any atom is 0.239 e. The lowest BCUT2D eigenvalue weighted by Crippen LogP contribution is -2.41. The molecule has 1 aromatic rings. The first-order valence-corrected chi connectivity index (χ1v) is 6.56. The van der Waals surface area contributed by atoms with E-state index in [0.29, 0.717) is 13.0 Å². The van der Waals surface area contributed by atoms with Crippen molar-refractivity contribution in [3.05, 3.63) is 24.2 Å². The van der Waals surface area contributed by atoms with Crippen LogP contribution in [0.25, 0.3) is 0 Å². The molecule has 1 heterocycles. The Balaban J connectivity index is 2.41. The smallest absolute Gasteiger partial charge is 0.239 e. The van der Waals surface area contributed by atoms with Crippen LogP contribution in [0.5, 0.6) is 0 Å². The summed E-state index contributed by atoms with van der Waals surface area (Å²) in [6.45, 7) is 0.471. The summed E-state index contributed by atoms with van der Waals surface area (Å²) < 4.78 is 5.18. The lowest BCUT2D eigenvalue weighted by molar-refractivity contribution is -0.132. The third-order valence-electron chi connectivity index (χ3n) is 2.30. The van der Waals surface area contributed by atoms with E-state index < -0.39 is 6.04 Å². The van der Waals surface area contributed by atoms with Crippen LogP contribution in [0.4, 0.5) is 0 Å². The number of hydrogen-bond acceptors (Lipinski definition) is 4. The van der Waals surface area contributed by atoms with Gasteiger partial charge in [-0.05, 0) is 30.6 Å². The van der Waals surface area contributed by atoms with E-state index in [4.69, 9.17) is 10.2 Å². The van der Waals surface area contributed by atoms with Crippen molar-refractivity contribution >= 4 is 17.7 Å². The number of hydrogen-bond donors (Lipinski definition) is 1. The molecular weight excluding hydrogens is 224 g/mol. The Labute approximate surface area is 100 Å². The third-order valence-corrected chi connectivity index (χ3v) is 2.94. The number of nitrogens with zero attached hydrogens (tertiary/aromatic N) is 1. The quantitative estimate of drug-likeness (QED) is 0.817. The molecule has 1 amide bonds. The van der Waals surface area contributed by atoms with Crippen LogP contribution in [0.2, 0.25) is 0 Å². The number of amides is 1. The number of thioether (sulfide) groups is 1. The monoisotopic (exact) mass is 242 g/mol. The van der Waals surface area contributed by atoms with Gasteiger partial charge in [-0.3, -0.25) is 4.79 Å². The lowest BCUT2D eigenvalue weighted by atomic mass is 10.2. The number of rotatable bonds is 6. The van der Waals surface area contributed by atoms with E-state index in [2.05, 4.69) is 0 Å². The van der Waals surface area contributed by atoms with Gasteiger partial charge >= 0.3 is 0 Å². The summed E-state index contributed by atoms with van der Waals surface area (Å²) in [4.78, 5) is 13.4. The molecule has 0 aliphatic rings. The first kappa shape index (κ1) is 13.1. The van der Waals surface area contributed by atoms with E-state index in [0.717, 1.165) is 11.5 Å². The van der Waals surface area contributed by atoms with Crippen LogP contribution < -0.4 is 5.73 Å². The second-order valence-electron chi connectivity index (χ2n) is 3.66. The van der Waals surface area contributed by atoms with Gasteiger partial charge in [0.15, 0.2) is 0 Å². The summed E-state index contributed by atoms with van der Waals surface area (Å²) in [6, 6.07) is 3.24. The van der Waals surface area contributed by atoms with Crippen LogP contribution in [-0.2, 0) is 11.3 Å². The number of likely N-dealkylation sites (N-methyl/N-ethyl adjacent to an activating group) is 1. The molecule has 2 N–H and O–H groups in total. The maximum atomic E-state index is 11.8. The molecule has 0 saturated carbocycles. The van der Waals surface area contributed by atoms with Gasteiger partial charge in [-0.1, -0.05) is 0 Å². The molecule has 0 aliphatic carbocycles. The molecular formula is C11H18N2O2S.